The van der Waals surface area contributed by atoms with Crippen molar-refractivity contribution in [3.63, 3.8) is 0 Å². The average molecular weight is 329 g/mol. The van der Waals surface area contributed by atoms with Crippen molar-refractivity contribution < 1.29 is 14.6 Å². The molecule has 2 aliphatic heterocycles. The maximum absolute atomic E-state index is 9.77. The third kappa shape index (κ3) is 2.16. The van der Waals surface area contributed by atoms with E-state index in [-0.39, 0.29) is 11.5 Å². The molecule has 0 spiro atoms. The SMILES string of the molecule is COc1ccc2c(c1)[C@]13CCN(CC4CC4O)[C@H](C2)[C@@H]1CCOC3. The smallest absolute Gasteiger partial charge is 0.119 e. The summed E-state index contributed by atoms with van der Waals surface area (Å²) in [5.74, 6) is 2.15. The second kappa shape index (κ2) is 5.45. The molecule has 0 amide bonds. The molecule has 0 radical (unpaired) electrons. The van der Waals surface area contributed by atoms with Gasteiger partial charge in [0.1, 0.15) is 5.75 Å². The molecule has 5 rings (SSSR count). The number of likely N-dealkylation sites (tertiary alicyclic amines) is 1. The van der Waals surface area contributed by atoms with Crippen LogP contribution in [0.1, 0.15) is 30.4 Å². The van der Waals surface area contributed by atoms with Gasteiger partial charge >= 0.3 is 0 Å². The van der Waals surface area contributed by atoms with Gasteiger partial charge in [0.2, 0.25) is 0 Å². The molecule has 0 aromatic heterocycles. The van der Waals surface area contributed by atoms with E-state index in [4.69, 9.17) is 9.47 Å². The molecule has 2 unspecified atom stereocenters. The van der Waals surface area contributed by atoms with Crippen molar-refractivity contribution in [3.05, 3.63) is 29.3 Å². The van der Waals surface area contributed by atoms with E-state index in [1.165, 1.54) is 11.1 Å². The average Bonchev–Trinajstić information content (AvgIpc) is 3.31. The van der Waals surface area contributed by atoms with Crippen LogP contribution in [0.25, 0.3) is 0 Å². The number of aliphatic hydroxyl groups excluding tert-OH is 1. The van der Waals surface area contributed by atoms with Crippen molar-refractivity contribution in [2.45, 2.75) is 43.2 Å². The molecule has 2 heterocycles. The van der Waals surface area contributed by atoms with Crippen molar-refractivity contribution in [2.24, 2.45) is 11.8 Å². The Morgan fingerprint density at radius 1 is 1.42 bits per heavy atom. The molecular weight excluding hydrogens is 302 g/mol. The summed E-state index contributed by atoms with van der Waals surface area (Å²) >= 11 is 0. The Kier molecular flexibility index (Phi) is 3.45. The van der Waals surface area contributed by atoms with Gasteiger partial charge in [-0.15, -0.1) is 0 Å². The fourth-order valence-corrected chi connectivity index (χ4v) is 5.62. The number of aliphatic hydroxyl groups is 1. The molecular formula is C20H27NO3. The van der Waals surface area contributed by atoms with Gasteiger partial charge in [-0.1, -0.05) is 6.07 Å². The Bertz CT molecular complexity index is 648. The second-order valence-electron chi connectivity index (χ2n) is 8.21. The second-order valence-corrected chi connectivity index (χ2v) is 8.21. The van der Waals surface area contributed by atoms with Gasteiger partial charge in [0.05, 0.1) is 19.8 Å². The molecule has 1 aromatic rings. The summed E-state index contributed by atoms with van der Waals surface area (Å²) in [4.78, 5) is 2.68. The molecule has 1 N–H and O–H groups in total. The topological polar surface area (TPSA) is 41.9 Å². The van der Waals surface area contributed by atoms with Gasteiger partial charge in [-0.2, -0.15) is 0 Å². The summed E-state index contributed by atoms with van der Waals surface area (Å²) in [5, 5.41) is 9.77. The van der Waals surface area contributed by atoms with Gasteiger partial charge in [0, 0.05) is 30.5 Å². The number of fused-ring (bicyclic) bond motifs is 1. The van der Waals surface area contributed by atoms with E-state index < -0.39 is 0 Å². The minimum Gasteiger partial charge on any atom is -0.497 e. The van der Waals surface area contributed by atoms with Gasteiger partial charge in [-0.3, -0.25) is 4.90 Å². The molecule has 4 nitrogen and oxygen atoms in total. The molecule has 2 saturated heterocycles. The summed E-state index contributed by atoms with van der Waals surface area (Å²) in [7, 11) is 1.75. The Labute approximate surface area is 143 Å². The standard InChI is InChI=1S/C20H27NO3/c1-23-15-3-2-13-8-18-16-4-7-24-12-20(16,17(13)10-15)5-6-21(18)11-14-9-19(14)22/h2-3,10,14,16,18-19,22H,4-9,11-12H2,1H3/t14?,16-,18+,19?,20-/m0/s1. The van der Waals surface area contributed by atoms with Crippen LogP contribution in [0, 0.1) is 11.8 Å². The molecule has 5 atom stereocenters. The zero-order valence-electron chi connectivity index (χ0n) is 14.4. The highest BCUT2D eigenvalue weighted by atomic mass is 16.5. The summed E-state index contributed by atoms with van der Waals surface area (Å²) < 4.78 is 11.5. The Hall–Kier alpha value is -1.10. The maximum Gasteiger partial charge on any atom is 0.119 e. The summed E-state index contributed by atoms with van der Waals surface area (Å²) in [6.45, 7) is 3.95. The lowest BCUT2D eigenvalue weighted by atomic mass is 9.56. The number of rotatable bonds is 3. The van der Waals surface area contributed by atoms with Crippen molar-refractivity contribution in [3.8, 4) is 5.75 Å². The van der Waals surface area contributed by atoms with Crippen molar-refractivity contribution in [1.82, 2.24) is 4.90 Å². The van der Waals surface area contributed by atoms with E-state index in [2.05, 4.69) is 23.1 Å². The molecule has 130 valence electrons. The lowest BCUT2D eigenvalue weighted by molar-refractivity contribution is -0.0844. The van der Waals surface area contributed by atoms with Crippen LogP contribution >= 0.6 is 0 Å². The third-order valence-electron chi connectivity index (χ3n) is 7.06. The molecule has 3 fully saturated rings. The van der Waals surface area contributed by atoms with Gasteiger partial charge in [0.25, 0.3) is 0 Å². The normalized spacial score (nSPS) is 40.6. The molecule has 2 aliphatic carbocycles. The number of methoxy groups -OCH3 is 1. The minimum absolute atomic E-state index is 0.0495. The van der Waals surface area contributed by atoms with Crippen LogP contribution in [0.2, 0.25) is 0 Å². The highest BCUT2D eigenvalue weighted by molar-refractivity contribution is 5.45. The number of hydrogen-bond acceptors (Lipinski definition) is 4. The first-order valence-electron chi connectivity index (χ1n) is 9.38. The quantitative estimate of drug-likeness (QED) is 0.921. The highest BCUT2D eigenvalue weighted by Crippen LogP contribution is 2.53. The van der Waals surface area contributed by atoms with Crippen molar-refractivity contribution in [1.29, 1.82) is 0 Å². The number of ether oxygens (including phenoxy) is 2. The first-order valence-corrected chi connectivity index (χ1v) is 9.38. The molecule has 4 aliphatic rings. The number of benzene rings is 1. The van der Waals surface area contributed by atoms with Crippen LogP contribution < -0.4 is 4.74 Å². The lowest BCUT2D eigenvalue weighted by Gasteiger charge is -2.58. The Balaban J connectivity index is 1.53. The van der Waals surface area contributed by atoms with Crippen LogP contribution in [0.15, 0.2) is 18.2 Å². The van der Waals surface area contributed by atoms with Gasteiger partial charge < -0.3 is 14.6 Å². The highest BCUT2D eigenvalue weighted by Gasteiger charge is 2.55. The predicted molar refractivity (Wildman–Crippen MR) is 91.4 cm³/mol. The largest absolute Gasteiger partial charge is 0.497 e. The van der Waals surface area contributed by atoms with Crippen LogP contribution in [0.4, 0.5) is 0 Å². The Morgan fingerprint density at radius 2 is 2.29 bits per heavy atom. The Morgan fingerprint density at radius 3 is 3.08 bits per heavy atom. The molecule has 2 bridgehead atoms. The van der Waals surface area contributed by atoms with E-state index in [1.807, 2.05) is 0 Å². The van der Waals surface area contributed by atoms with E-state index in [9.17, 15) is 5.11 Å². The zero-order chi connectivity index (χ0) is 16.3. The monoisotopic (exact) mass is 329 g/mol. The van der Waals surface area contributed by atoms with Crippen molar-refractivity contribution >= 4 is 0 Å². The summed E-state index contributed by atoms with van der Waals surface area (Å²) in [5.41, 5.74) is 3.13. The van der Waals surface area contributed by atoms with Crippen LogP contribution in [0.3, 0.4) is 0 Å². The lowest BCUT2D eigenvalue weighted by Crippen LogP contribution is -2.63. The van der Waals surface area contributed by atoms with E-state index in [0.717, 1.165) is 57.7 Å². The molecule has 1 saturated carbocycles. The first-order chi connectivity index (χ1) is 11.7. The van der Waals surface area contributed by atoms with E-state index in [0.29, 0.717) is 17.9 Å². The van der Waals surface area contributed by atoms with Crippen LogP contribution in [-0.2, 0) is 16.6 Å². The number of hydrogen-bond donors (Lipinski definition) is 1. The van der Waals surface area contributed by atoms with E-state index >= 15 is 0 Å². The third-order valence-corrected chi connectivity index (χ3v) is 7.06. The molecule has 24 heavy (non-hydrogen) atoms. The van der Waals surface area contributed by atoms with Gasteiger partial charge in [-0.05, 0) is 61.4 Å². The van der Waals surface area contributed by atoms with Crippen LogP contribution in [0.5, 0.6) is 5.75 Å². The van der Waals surface area contributed by atoms with Gasteiger partial charge in [-0.25, -0.2) is 0 Å². The maximum atomic E-state index is 9.77. The number of piperidine rings is 1. The molecule has 1 aromatic carbocycles. The van der Waals surface area contributed by atoms with E-state index in [1.54, 1.807) is 7.11 Å². The van der Waals surface area contributed by atoms with Crippen LogP contribution in [-0.4, -0.2) is 55.6 Å². The van der Waals surface area contributed by atoms with Crippen molar-refractivity contribution in [2.75, 3.05) is 33.4 Å². The summed E-state index contributed by atoms with van der Waals surface area (Å²) in [6, 6.07) is 7.25. The summed E-state index contributed by atoms with van der Waals surface area (Å²) in [6.07, 6.45) is 4.40. The first kappa shape index (κ1) is 15.2. The minimum atomic E-state index is -0.0495. The zero-order valence-corrected chi connectivity index (χ0v) is 14.4. The van der Waals surface area contributed by atoms with Gasteiger partial charge in [0.15, 0.2) is 0 Å². The fraction of sp³-hybridized carbons (Fsp3) is 0.700. The molecule has 4 heteroatoms. The fourth-order valence-electron chi connectivity index (χ4n) is 5.62. The number of nitrogens with zero attached hydrogens (tertiary/aromatic N) is 1. The predicted octanol–water partition coefficient (Wildman–Crippen LogP) is 1.98.